The summed E-state index contributed by atoms with van der Waals surface area (Å²) in [7, 11) is 0. The predicted octanol–water partition coefficient (Wildman–Crippen LogP) is -0.460. The second kappa shape index (κ2) is 8.24. The third kappa shape index (κ3) is 8.28. The van der Waals surface area contributed by atoms with E-state index in [-0.39, 0.29) is 25.5 Å². The lowest BCUT2D eigenvalue weighted by atomic mass is 10.3. The summed E-state index contributed by atoms with van der Waals surface area (Å²) in [5.41, 5.74) is 0.392. The lowest BCUT2D eigenvalue weighted by molar-refractivity contribution is -0.141. The molecule has 0 spiro atoms. The molecule has 0 saturated heterocycles. The topological polar surface area (TPSA) is 107 Å². The molecule has 102 valence electrons. The maximum absolute atomic E-state index is 11.1. The van der Waals surface area contributed by atoms with Gasteiger partial charge < -0.3 is 15.5 Å². The summed E-state index contributed by atoms with van der Waals surface area (Å²) >= 11 is 0. The van der Waals surface area contributed by atoms with Crippen LogP contribution < -0.4 is 5.32 Å². The van der Waals surface area contributed by atoms with Crippen LogP contribution in [0.1, 0.15) is 13.3 Å². The molecule has 0 aromatic rings. The average Bonchev–Trinajstić information content (AvgIpc) is 2.21. The Kier molecular flexibility index (Phi) is 7.37. The molecular formula is C11H18N2O5. The van der Waals surface area contributed by atoms with Crippen molar-refractivity contribution in [2.24, 2.45) is 0 Å². The number of hydrogen-bond acceptors (Lipinski definition) is 4. The van der Waals surface area contributed by atoms with Crippen molar-refractivity contribution >= 4 is 17.8 Å². The zero-order valence-electron chi connectivity index (χ0n) is 10.3. The molecule has 7 heteroatoms. The van der Waals surface area contributed by atoms with Crippen LogP contribution in [0.15, 0.2) is 12.2 Å². The van der Waals surface area contributed by atoms with Gasteiger partial charge in [-0.3, -0.25) is 19.3 Å². The first-order chi connectivity index (χ1) is 8.32. The zero-order valence-corrected chi connectivity index (χ0v) is 10.3. The van der Waals surface area contributed by atoms with Crippen LogP contribution in [0.25, 0.3) is 0 Å². The van der Waals surface area contributed by atoms with Crippen LogP contribution in [0.2, 0.25) is 0 Å². The number of carbonyl (C=O) groups excluding carboxylic acids is 1. The number of nitrogens with one attached hydrogen (secondary N) is 1. The molecule has 0 radical (unpaired) electrons. The summed E-state index contributed by atoms with van der Waals surface area (Å²) in [6, 6.07) is 0. The van der Waals surface area contributed by atoms with Crippen molar-refractivity contribution in [1.29, 1.82) is 0 Å². The Morgan fingerprint density at radius 2 is 1.67 bits per heavy atom. The van der Waals surface area contributed by atoms with Crippen molar-refractivity contribution < 1.29 is 24.6 Å². The molecule has 0 aromatic carbocycles. The average molecular weight is 258 g/mol. The van der Waals surface area contributed by atoms with Gasteiger partial charge in [0.2, 0.25) is 5.91 Å². The third-order valence-corrected chi connectivity index (χ3v) is 2.04. The fourth-order valence-electron chi connectivity index (χ4n) is 1.25. The van der Waals surface area contributed by atoms with E-state index in [1.165, 1.54) is 4.90 Å². The summed E-state index contributed by atoms with van der Waals surface area (Å²) in [5, 5.41) is 19.8. The second-order valence-corrected chi connectivity index (χ2v) is 3.89. The Bertz CT molecular complexity index is 324. The predicted molar refractivity (Wildman–Crippen MR) is 64.2 cm³/mol. The van der Waals surface area contributed by atoms with Crippen molar-refractivity contribution in [3.05, 3.63) is 12.2 Å². The SMILES string of the molecule is C=C(C)C(=O)NCCCN(CC(=O)O)CC(=O)O. The van der Waals surface area contributed by atoms with E-state index < -0.39 is 11.9 Å². The number of nitrogens with zero attached hydrogens (tertiary/aromatic N) is 1. The van der Waals surface area contributed by atoms with Gasteiger partial charge in [0.25, 0.3) is 0 Å². The smallest absolute Gasteiger partial charge is 0.317 e. The van der Waals surface area contributed by atoms with Gasteiger partial charge in [0.05, 0.1) is 13.1 Å². The van der Waals surface area contributed by atoms with Gasteiger partial charge in [0, 0.05) is 18.7 Å². The van der Waals surface area contributed by atoms with Crippen LogP contribution in [0.3, 0.4) is 0 Å². The number of carboxylic acid groups (broad SMARTS) is 2. The van der Waals surface area contributed by atoms with Gasteiger partial charge in [0.1, 0.15) is 0 Å². The highest BCUT2D eigenvalue weighted by atomic mass is 16.4. The number of carboxylic acids is 2. The van der Waals surface area contributed by atoms with Crippen molar-refractivity contribution in [2.75, 3.05) is 26.2 Å². The first kappa shape index (κ1) is 16.1. The van der Waals surface area contributed by atoms with Gasteiger partial charge in [-0.15, -0.1) is 0 Å². The first-order valence-corrected chi connectivity index (χ1v) is 5.42. The molecule has 18 heavy (non-hydrogen) atoms. The van der Waals surface area contributed by atoms with Gasteiger partial charge in [-0.25, -0.2) is 0 Å². The van der Waals surface area contributed by atoms with E-state index >= 15 is 0 Å². The number of rotatable bonds is 9. The molecule has 0 aliphatic rings. The van der Waals surface area contributed by atoms with Gasteiger partial charge in [-0.1, -0.05) is 6.58 Å². The molecular weight excluding hydrogens is 240 g/mol. The molecule has 0 saturated carbocycles. The minimum Gasteiger partial charge on any atom is -0.480 e. The van der Waals surface area contributed by atoms with E-state index in [1.807, 2.05) is 0 Å². The summed E-state index contributed by atoms with van der Waals surface area (Å²) in [4.78, 5) is 33.4. The Balaban J connectivity index is 3.96. The van der Waals surface area contributed by atoms with Crippen LogP contribution >= 0.6 is 0 Å². The maximum Gasteiger partial charge on any atom is 0.317 e. The molecule has 0 atom stereocenters. The number of amides is 1. The Labute approximate surface area is 105 Å². The molecule has 0 fully saturated rings. The van der Waals surface area contributed by atoms with Crippen molar-refractivity contribution in [3.63, 3.8) is 0 Å². The Hall–Kier alpha value is -1.89. The molecule has 0 aromatic heterocycles. The summed E-state index contributed by atoms with van der Waals surface area (Å²) in [5.74, 6) is -2.43. The lowest BCUT2D eigenvalue weighted by Gasteiger charge is -2.17. The molecule has 0 aliphatic carbocycles. The van der Waals surface area contributed by atoms with Gasteiger partial charge in [0.15, 0.2) is 0 Å². The minimum absolute atomic E-state index is 0.266. The molecule has 0 rings (SSSR count). The highest BCUT2D eigenvalue weighted by molar-refractivity contribution is 5.92. The number of hydrogen-bond donors (Lipinski definition) is 3. The normalized spacial score (nSPS) is 10.1. The quantitative estimate of drug-likeness (QED) is 0.381. The Morgan fingerprint density at radius 3 is 2.06 bits per heavy atom. The van der Waals surface area contributed by atoms with Crippen LogP contribution in [0, 0.1) is 0 Å². The van der Waals surface area contributed by atoms with E-state index in [0.29, 0.717) is 18.5 Å². The van der Waals surface area contributed by atoms with Gasteiger partial charge >= 0.3 is 11.9 Å². The summed E-state index contributed by atoms with van der Waals surface area (Å²) < 4.78 is 0. The fourth-order valence-corrected chi connectivity index (χ4v) is 1.25. The first-order valence-electron chi connectivity index (χ1n) is 5.42. The summed E-state index contributed by atoms with van der Waals surface area (Å²) in [6.07, 6.45) is 0.472. The molecule has 1 amide bonds. The van der Waals surface area contributed by atoms with E-state index in [4.69, 9.17) is 10.2 Å². The molecule has 0 heterocycles. The van der Waals surface area contributed by atoms with Crippen molar-refractivity contribution in [1.82, 2.24) is 10.2 Å². The Morgan fingerprint density at radius 1 is 1.17 bits per heavy atom. The molecule has 0 aliphatic heterocycles. The van der Waals surface area contributed by atoms with Crippen LogP contribution in [-0.2, 0) is 14.4 Å². The van der Waals surface area contributed by atoms with E-state index in [0.717, 1.165) is 0 Å². The third-order valence-electron chi connectivity index (χ3n) is 2.04. The fraction of sp³-hybridized carbons (Fsp3) is 0.545. The van der Waals surface area contributed by atoms with E-state index in [2.05, 4.69) is 11.9 Å². The van der Waals surface area contributed by atoms with E-state index in [9.17, 15) is 14.4 Å². The largest absolute Gasteiger partial charge is 0.480 e. The van der Waals surface area contributed by atoms with Crippen LogP contribution in [-0.4, -0.2) is 59.1 Å². The summed E-state index contributed by atoms with van der Waals surface area (Å²) in [6.45, 7) is 5.02. The number of aliphatic carboxylic acids is 2. The molecule has 0 unspecified atom stereocenters. The molecule has 3 N–H and O–H groups in total. The van der Waals surface area contributed by atoms with Crippen molar-refractivity contribution in [3.8, 4) is 0 Å². The standard InChI is InChI=1S/C11H18N2O5/c1-8(2)11(18)12-4-3-5-13(6-9(14)15)7-10(16)17/h1,3-7H2,2H3,(H,12,18)(H,14,15)(H,16,17). The second-order valence-electron chi connectivity index (χ2n) is 3.89. The monoisotopic (exact) mass is 258 g/mol. The van der Waals surface area contributed by atoms with Crippen molar-refractivity contribution in [2.45, 2.75) is 13.3 Å². The van der Waals surface area contributed by atoms with Crippen LogP contribution in [0.5, 0.6) is 0 Å². The van der Waals surface area contributed by atoms with Crippen LogP contribution in [0.4, 0.5) is 0 Å². The highest BCUT2D eigenvalue weighted by Crippen LogP contribution is 1.92. The lowest BCUT2D eigenvalue weighted by Crippen LogP contribution is -2.36. The highest BCUT2D eigenvalue weighted by Gasteiger charge is 2.12. The molecule has 0 bridgehead atoms. The maximum atomic E-state index is 11.1. The minimum atomic E-state index is -1.08. The number of carbonyl (C=O) groups is 3. The zero-order chi connectivity index (χ0) is 14.1. The van der Waals surface area contributed by atoms with E-state index in [1.54, 1.807) is 6.92 Å². The van der Waals surface area contributed by atoms with Gasteiger partial charge in [-0.2, -0.15) is 0 Å². The molecule has 7 nitrogen and oxygen atoms in total. The van der Waals surface area contributed by atoms with Gasteiger partial charge in [-0.05, 0) is 13.3 Å².